The van der Waals surface area contributed by atoms with Crippen molar-refractivity contribution in [2.24, 2.45) is 0 Å². The van der Waals surface area contributed by atoms with Gasteiger partial charge >= 0.3 is 51.4 Å². The zero-order chi connectivity index (χ0) is 13.5. The Hall–Kier alpha value is 0.216. The van der Waals surface area contributed by atoms with E-state index in [0.717, 1.165) is 12.1 Å². The molecule has 0 radical (unpaired) electrons. The average molecular weight is 282 g/mol. The van der Waals surface area contributed by atoms with Crippen molar-refractivity contribution in [2.45, 2.75) is 26.4 Å². The Morgan fingerprint density at radius 3 is 2.06 bits per heavy atom. The first-order chi connectivity index (χ1) is 7.74. The molecule has 0 saturated heterocycles. The van der Waals surface area contributed by atoms with E-state index >= 15 is 0 Å². The summed E-state index contributed by atoms with van der Waals surface area (Å²) in [4.78, 5) is 0. The van der Waals surface area contributed by atoms with Crippen molar-refractivity contribution in [1.29, 1.82) is 0 Å². The predicted octanol–water partition coefficient (Wildman–Crippen LogP) is -0.269. The summed E-state index contributed by atoms with van der Waals surface area (Å²) in [5, 5.41) is 10.1. The van der Waals surface area contributed by atoms with Gasteiger partial charge in [-0.3, -0.25) is 0 Å². The topological polar surface area (TPSA) is 32.3 Å². The van der Waals surface area contributed by atoms with Crippen molar-refractivity contribution >= 4 is 6.08 Å². The minimum absolute atomic E-state index is 0. The van der Waals surface area contributed by atoms with Crippen LogP contribution in [-0.4, -0.2) is 12.7 Å². The Balaban J connectivity index is 0. The van der Waals surface area contributed by atoms with Crippen molar-refractivity contribution in [3.8, 4) is 0 Å². The standard InChI is InChI=1S/C9H8F2O.C4H9O.K/c1-12-5-4-7-2-3-8(10)9(11)6-7;1-4(2,3)5;/h2-6H,1H3;1-3H3;/q;-1;+1. The van der Waals surface area contributed by atoms with Gasteiger partial charge in [-0.05, 0) is 23.8 Å². The molecule has 1 rings (SSSR count). The Bertz CT molecular complexity index is 368. The van der Waals surface area contributed by atoms with Gasteiger partial charge in [-0.1, -0.05) is 26.8 Å². The Kier molecular flexibility index (Phi) is 11.5. The van der Waals surface area contributed by atoms with E-state index in [4.69, 9.17) is 0 Å². The minimum atomic E-state index is -0.853. The van der Waals surface area contributed by atoms with Crippen molar-refractivity contribution < 1.29 is 70.0 Å². The summed E-state index contributed by atoms with van der Waals surface area (Å²) in [6.45, 7) is 4.90. The van der Waals surface area contributed by atoms with E-state index in [-0.39, 0.29) is 51.4 Å². The molecule has 0 unspecified atom stereocenters. The second-order valence-corrected chi connectivity index (χ2v) is 4.32. The van der Waals surface area contributed by atoms with Gasteiger partial charge < -0.3 is 9.84 Å². The molecule has 2 nitrogen and oxygen atoms in total. The summed E-state index contributed by atoms with van der Waals surface area (Å²) in [6, 6.07) is 3.64. The van der Waals surface area contributed by atoms with Crippen LogP contribution in [0.1, 0.15) is 26.3 Å². The largest absolute Gasteiger partial charge is 1.00 e. The van der Waals surface area contributed by atoms with E-state index in [2.05, 4.69) is 4.74 Å². The summed E-state index contributed by atoms with van der Waals surface area (Å²) >= 11 is 0. The monoisotopic (exact) mass is 282 g/mol. The molecule has 0 aliphatic rings. The van der Waals surface area contributed by atoms with E-state index in [9.17, 15) is 13.9 Å². The number of benzene rings is 1. The molecule has 0 N–H and O–H groups in total. The SMILES string of the molecule is CC(C)(C)[O-].COC=Cc1ccc(F)c(F)c1.[K+]. The van der Waals surface area contributed by atoms with E-state index in [1.807, 2.05) is 0 Å². The number of hydrogen-bond donors (Lipinski definition) is 0. The van der Waals surface area contributed by atoms with Crippen LogP contribution in [0.4, 0.5) is 8.78 Å². The summed E-state index contributed by atoms with van der Waals surface area (Å²) < 4.78 is 29.6. The van der Waals surface area contributed by atoms with Crippen LogP contribution in [0.2, 0.25) is 0 Å². The normalized spacial score (nSPS) is 10.4. The summed E-state index contributed by atoms with van der Waals surface area (Å²) in [5.74, 6) is -1.70. The maximum absolute atomic E-state index is 12.6. The van der Waals surface area contributed by atoms with Gasteiger partial charge in [0.15, 0.2) is 11.6 Å². The van der Waals surface area contributed by atoms with Crippen LogP contribution in [0, 0.1) is 11.6 Å². The third-order valence-electron chi connectivity index (χ3n) is 1.34. The van der Waals surface area contributed by atoms with Crippen LogP contribution in [-0.2, 0) is 4.74 Å². The number of hydrogen-bond acceptors (Lipinski definition) is 2. The molecule has 0 aromatic heterocycles. The number of rotatable bonds is 2. The molecule has 5 heteroatoms. The molecule has 0 spiro atoms. The third kappa shape index (κ3) is 12.7. The average Bonchev–Trinajstić information content (AvgIpc) is 2.17. The quantitative estimate of drug-likeness (QED) is 0.552. The van der Waals surface area contributed by atoms with Gasteiger partial charge in [0, 0.05) is 0 Å². The molecule has 0 aliphatic carbocycles. The van der Waals surface area contributed by atoms with Crippen molar-refractivity contribution in [1.82, 2.24) is 0 Å². The van der Waals surface area contributed by atoms with Gasteiger partial charge in [0.05, 0.1) is 13.4 Å². The van der Waals surface area contributed by atoms with Gasteiger partial charge in [-0.15, -0.1) is 5.60 Å². The fourth-order valence-corrected chi connectivity index (χ4v) is 0.763. The van der Waals surface area contributed by atoms with Crippen LogP contribution in [0.15, 0.2) is 24.5 Å². The first-order valence-electron chi connectivity index (χ1n) is 5.09. The van der Waals surface area contributed by atoms with Crippen molar-refractivity contribution in [2.75, 3.05) is 7.11 Å². The van der Waals surface area contributed by atoms with Crippen LogP contribution in [0.5, 0.6) is 0 Å². The molecule has 0 fully saturated rings. The van der Waals surface area contributed by atoms with Crippen LogP contribution in [0.3, 0.4) is 0 Å². The van der Waals surface area contributed by atoms with Gasteiger partial charge in [0.2, 0.25) is 0 Å². The zero-order valence-corrected chi connectivity index (χ0v) is 14.6. The first kappa shape index (κ1) is 20.5. The molecule has 0 amide bonds. The Morgan fingerprint density at radius 2 is 1.67 bits per heavy atom. The van der Waals surface area contributed by atoms with E-state index < -0.39 is 17.2 Å². The molecular weight excluding hydrogens is 265 g/mol. The van der Waals surface area contributed by atoms with Gasteiger partial charge in [-0.2, -0.15) is 0 Å². The van der Waals surface area contributed by atoms with Crippen molar-refractivity contribution in [3.63, 3.8) is 0 Å². The molecule has 96 valence electrons. The second-order valence-electron chi connectivity index (χ2n) is 4.32. The van der Waals surface area contributed by atoms with Crippen LogP contribution in [0.25, 0.3) is 6.08 Å². The molecule has 0 atom stereocenters. The maximum atomic E-state index is 12.6. The second kappa shape index (κ2) is 10.1. The fraction of sp³-hybridized carbons (Fsp3) is 0.385. The van der Waals surface area contributed by atoms with Crippen molar-refractivity contribution in [3.05, 3.63) is 41.7 Å². The molecule has 0 heterocycles. The Morgan fingerprint density at radius 1 is 1.17 bits per heavy atom. The maximum Gasteiger partial charge on any atom is 1.00 e. The summed E-state index contributed by atoms with van der Waals surface area (Å²) in [6.07, 6.45) is 2.94. The van der Waals surface area contributed by atoms with Gasteiger partial charge in [0.25, 0.3) is 0 Å². The fourth-order valence-electron chi connectivity index (χ4n) is 0.763. The van der Waals surface area contributed by atoms with E-state index in [1.165, 1.54) is 19.4 Å². The Labute approximate surface area is 149 Å². The van der Waals surface area contributed by atoms with Crippen LogP contribution >= 0.6 is 0 Å². The molecule has 1 aromatic rings. The molecule has 0 bridgehead atoms. The zero-order valence-electron chi connectivity index (χ0n) is 11.5. The predicted molar refractivity (Wildman–Crippen MR) is 62.2 cm³/mol. The van der Waals surface area contributed by atoms with Gasteiger partial charge in [-0.25, -0.2) is 8.78 Å². The molecular formula is C13H17F2KO2. The smallest absolute Gasteiger partial charge is 0.850 e. The third-order valence-corrected chi connectivity index (χ3v) is 1.34. The summed E-state index contributed by atoms with van der Waals surface area (Å²) in [7, 11) is 1.48. The molecule has 0 aliphatic heterocycles. The molecule has 1 aromatic carbocycles. The summed E-state index contributed by atoms with van der Waals surface area (Å²) in [5.41, 5.74) is -0.184. The minimum Gasteiger partial charge on any atom is -0.850 e. The molecule has 0 saturated carbocycles. The number of ether oxygens (including phenoxy) is 1. The van der Waals surface area contributed by atoms with E-state index in [0.29, 0.717) is 5.56 Å². The molecule has 18 heavy (non-hydrogen) atoms. The number of halogens is 2. The van der Waals surface area contributed by atoms with Crippen LogP contribution < -0.4 is 56.5 Å². The first-order valence-corrected chi connectivity index (χ1v) is 5.09. The van der Waals surface area contributed by atoms with E-state index in [1.54, 1.807) is 26.8 Å². The number of methoxy groups -OCH3 is 1. The van der Waals surface area contributed by atoms with Gasteiger partial charge in [0.1, 0.15) is 0 Å².